The minimum Gasteiger partial charge on any atom is -0.387 e. The van der Waals surface area contributed by atoms with E-state index < -0.39 is 11.2 Å². The van der Waals surface area contributed by atoms with Crippen LogP contribution in [0.2, 0.25) is 0 Å². The lowest BCUT2D eigenvalue weighted by Crippen LogP contribution is -2.59. The van der Waals surface area contributed by atoms with E-state index in [4.69, 9.17) is 0 Å². The maximum absolute atomic E-state index is 11.9. The normalized spacial score (nSPS) is 67.9. The van der Waals surface area contributed by atoms with Crippen LogP contribution in [0, 0.1) is 47.3 Å². The molecule has 0 amide bonds. The van der Waals surface area contributed by atoms with Gasteiger partial charge in [-0.2, -0.15) is 0 Å². The van der Waals surface area contributed by atoms with Crippen LogP contribution < -0.4 is 0 Å². The van der Waals surface area contributed by atoms with Crippen LogP contribution in [-0.2, 0) is 0 Å². The Bertz CT molecular complexity index is 472. The van der Waals surface area contributed by atoms with E-state index in [1.165, 1.54) is 51.4 Å². The fourth-order valence-electron chi connectivity index (χ4n) is 9.24. The molecule has 0 aromatic heterocycles. The molecule has 6 rings (SSSR count). The van der Waals surface area contributed by atoms with Crippen LogP contribution in [0.15, 0.2) is 0 Å². The van der Waals surface area contributed by atoms with Gasteiger partial charge in [-0.3, -0.25) is 0 Å². The SMILES string of the molecule is O[C@]1([C@]2(O)C[C@@H]3CC[C@H]4CC[C@H]2[C@H]43)C[C@@H]2CC[C@@H]3CC[C@@H]1[C@@H]32. The molecule has 0 spiro atoms. The van der Waals surface area contributed by atoms with Crippen molar-refractivity contribution < 1.29 is 10.2 Å². The standard InChI is InChI=1S/C20H30O2/c21-19(9-13-3-1-11-5-7-15(19)17(11)13)20(22)10-14-4-2-12-6-8-16(20)18(12)14/h11-18,21-22H,1-10H2/t11-,12+,13-,14-,15-,16+,17+,18-,19-,20+/m0/s1. The smallest absolute Gasteiger partial charge is 0.0969 e. The molecule has 6 aliphatic carbocycles. The van der Waals surface area contributed by atoms with Crippen molar-refractivity contribution in [2.45, 2.75) is 75.4 Å². The predicted octanol–water partition coefficient (Wildman–Crippen LogP) is 3.36. The number of rotatable bonds is 1. The summed E-state index contributed by atoms with van der Waals surface area (Å²) in [4.78, 5) is 0. The average Bonchev–Trinajstić information content (AvgIpc) is 3.24. The molecule has 122 valence electrons. The van der Waals surface area contributed by atoms with Gasteiger partial charge in [-0.05, 0) is 112 Å². The first kappa shape index (κ1) is 13.2. The largest absolute Gasteiger partial charge is 0.387 e. The van der Waals surface area contributed by atoms with E-state index in [-0.39, 0.29) is 0 Å². The Morgan fingerprint density at radius 3 is 1.32 bits per heavy atom. The van der Waals surface area contributed by atoms with Crippen molar-refractivity contribution in [1.82, 2.24) is 0 Å². The molecule has 2 heteroatoms. The van der Waals surface area contributed by atoms with Crippen LogP contribution in [-0.4, -0.2) is 21.4 Å². The van der Waals surface area contributed by atoms with Crippen LogP contribution in [0.25, 0.3) is 0 Å². The molecule has 0 radical (unpaired) electrons. The van der Waals surface area contributed by atoms with Crippen molar-refractivity contribution in [2.75, 3.05) is 0 Å². The fourth-order valence-corrected chi connectivity index (χ4v) is 9.24. The van der Waals surface area contributed by atoms with Crippen LogP contribution in [0.5, 0.6) is 0 Å². The molecule has 22 heavy (non-hydrogen) atoms. The Hall–Kier alpha value is -0.0800. The molecule has 0 bridgehead atoms. The van der Waals surface area contributed by atoms with Crippen LogP contribution in [0.4, 0.5) is 0 Å². The molecular formula is C20H30O2. The van der Waals surface area contributed by atoms with E-state index >= 15 is 0 Å². The second-order valence-electron chi connectivity index (χ2n) is 9.97. The summed E-state index contributed by atoms with van der Waals surface area (Å²) >= 11 is 0. The van der Waals surface area contributed by atoms with Gasteiger partial charge >= 0.3 is 0 Å². The summed E-state index contributed by atoms with van der Waals surface area (Å²) in [5.41, 5.74) is -1.47. The van der Waals surface area contributed by atoms with Crippen LogP contribution >= 0.6 is 0 Å². The molecule has 6 saturated carbocycles. The summed E-state index contributed by atoms with van der Waals surface area (Å²) in [6.45, 7) is 0. The second-order valence-corrected chi connectivity index (χ2v) is 9.97. The third-order valence-corrected chi connectivity index (χ3v) is 9.74. The Morgan fingerprint density at radius 1 is 0.500 bits per heavy atom. The van der Waals surface area contributed by atoms with Gasteiger partial charge in [0.15, 0.2) is 0 Å². The van der Waals surface area contributed by atoms with Crippen molar-refractivity contribution in [3.05, 3.63) is 0 Å². The van der Waals surface area contributed by atoms with Gasteiger partial charge in [-0.25, -0.2) is 0 Å². The van der Waals surface area contributed by atoms with Gasteiger partial charge in [0.1, 0.15) is 0 Å². The van der Waals surface area contributed by atoms with Crippen molar-refractivity contribution in [3.8, 4) is 0 Å². The van der Waals surface area contributed by atoms with Gasteiger partial charge < -0.3 is 10.2 Å². The second kappa shape index (κ2) is 3.94. The zero-order valence-corrected chi connectivity index (χ0v) is 13.6. The maximum atomic E-state index is 11.9. The lowest BCUT2D eigenvalue weighted by atomic mass is 9.67. The van der Waals surface area contributed by atoms with Crippen LogP contribution in [0.3, 0.4) is 0 Å². The summed E-state index contributed by atoms with van der Waals surface area (Å²) in [5.74, 6) is 5.57. The van der Waals surface area contributed by atoms with E-state index in [0.29, 0.717) is 11.8 Å². The molecule has 0 heterocycles. The Balaban J connectivity index is 1.41. The Labute approximate surface area is 133 Å². The molecule has 0 aliphatic heterocycles. The third-order valence-electron chi connectivity index (χ3n) is 9.74. The summed E-state index contributed by atoms with van der Waals surface area (Å²) < 4.78 is 0. The average molecular weight is 302 g/mol. The molecule has 0 saturated heterocycles. The zero-order chi connectivity index (χ0) is 14.7. The highest BCUT2D eigenvalue weighted by molar-refractivity contribution is 5.23. The van der Waals surface area contributed by atoms with Gasteiger partial charge in [-0.15, -0.1) is 0 Å². The molecular weight excluding hydrogens is 272 g/mol. The molecule has 0 aromatic carbocycles. The lowest BCUT2D eigenvalue weighted by molar-refractivity contribution is -0.194. The zero-order valence-electron chi connectivity index (χ0n) is 13.6. The molecule has 6 fully saturated rings. The predicted molar refractivity (Wildman–Crippen MR) is 84.0 cm³/mol. The first-order valence-electron chi connectivity index (χ1n) is 10.1. The fraction of sp³-hybridized carbons (Fsp3) is 1.00. The number of hydrogen-bond acceptors (Lipinski definition) is 2. The van der Waals surface area contributed by atoms with Gasteiger partial charge in [0.05, 0.1) is 11.2 Å². The van der Waals surface area contributed by atoms with Gasteiger partial charge in [0, 0.05) is 0 Å². The van der Waals surface area contributed by atoms with Crippen LogP contribution in [0.1, 0.15) is 64.2 Å². The minimum atomic E-state index is -0.735. The third kappa shape index (κ3) is 1.27. The highest BCUT2D eigenvalue weighted by atomic mass is 16.4. The van der Waals surface area contributed by atoms with Gasteiger partial charge in [0.2, 0.25) is 0 Å². The summed E-state index contributed by atoms with van der Waals surface area (Å²) in [6, 6.07) is 0. The van der Waals surface area contributed by atoms with Crippen molar-refractivity contribution in [2.24, 2.45) is 47.3 Å². The molecule has 2 N–H and O–H groups in total. The summed E-state index contributed by atoms with van der Waals surface area (Å²) in [6.07, 6.45) is 12.3. The Kier molecular flexibility index (Phi) is 2.37. The van der Waals surface area contributed by atoms with E-state index in [2.05, 4.69) is 0 Å². The van der Waals surface area contributed by atoms with E-state index in [1.807, 2.05) is 0 Å². The first-order valence-corrected chi connectivity index (χ1v) is 10.1. The molecule has 10 atom stereocenters. The highest BCUT2D eigenvalue weighted by Gasteiger charge is 2.73. The minimum absolute atomic E-state index is 0.424. The molecule has 0 unspecified atom stereocenters. The van der Waals surface area contributed by atoms with E-state index in [9.17, 15) is 10.2 Å². The maximum Gasteiger partial charge on any atom is 0.0969 e. The number of aliphatic hydroxyl groups is 2. The quantitative estimate of drug-likeness (QED) is 0.780. The summed E-state index contributed by atoms with van der Waals surface area (Å²) in [5, 5.41) is 23.7. The number of hydrogen-bond donors (Lipinski definition) is 2. The van der Waals surface area contributed by atoms with E-state index in [0.717, 1.165) is 48.3 Å². The van der Waals surface area contributed by atoms with Crippen molar-refractivity contribution in [1.29, 1.82) is 0 Å². The van der Waals surface area contributed by atoms with Gasteiger partial charge in [-0.1, -0.05) is 0 Å². The highest BCUT2D eigenvalue weighted by Crippen LogP contribution is 2.71. The molecule has 2 nitrogen and oxygen atoms in total. The lowest BCUT2D eigenvalue weighted by Gasteiger charge is -2.47. The summed E-state index contributed by atoms with van der Waals surface area (Å²) in [7, 11) is 0. The molecule has 6 aliphatic rings. The van der Waals surface area contributed by atoms with Crippen molar-refractivity contribution >= 4 is 0 Å². The van der Waals surface area contributed by atoms with E-state index in [1.54, 1.807) is 0 Å². The first-order chi connectivity index (χ1) is 10.6. The topological polar surface area (TPSA) is 40.5 Å². The van der Waals surface area contributed by atoms with Crippen molar-refractivity contribution in [3.63, 3.8) is 0 Å². The molecule has 0 aromatic rings. The Morgan fingerprint density at radius 2 is 0.864 bits per heavy atom. The van der Waals surface area contributed by atoms with Gasteiger partial charge in [0.25, 0.3) is 0 Å². The monoisotopic (exact) mass is 302 g/mol.